The lowest BCUT2D eigenvalue weighted by Crippen LogP contribution is -1.98. The molecule has 0 unspecified atom stereocenters. The molecule has 0 bridgehead atoms. The molecule has 0 radical (unpaired) electrons. The molecule has 3 nitrogen and oxygen atoms in total. The Kier molecular flexibility index (Phi) is 3.17. The number of fused-ring (bicyclic) bond motifs is 1. The third-order valence-electron chi connectivity index (χ3n) is 3.11. The number of anilines is 1. The van der Waals surface area contributed by atoms with E-state index in [4.69, 9.17) is 10.5 Å². The molecule has 0 atom stereocenters. The van der Waals surface area contributed by atoms with Crippen molar-refractivity contribution >= 4 is 16.6 Å². The summed E-state index contributed by atoms with van der Waals surface area (Å²) >= 11 is 0. The third kappa shape index (κ3) is 2.38. The fourth-order valence-electron chi connectivity index (χ4n) is 2.06. The summed E-state index contributed by atoms with van der Waals surface area (Å²) in [5, 5.41) is 0.841. The van der Waals surface area contributed by atoms with E-state index >= 15 is 0 Å². The minimum Gasteiger partial charge on any atom is -0.450 e. The second-order valence-corrected chi connectivity index (χ2v) is 4.66. The van der Waals surface area contributed by atoms with E-state index < -0.39 is 11.6 Å². The van der Waals surface area contributed by atoms with Crippen LogP contribution in [-0.2, 0) is 0 Å². The fourth-order valence-corrected chi connectivity index (χ4v) is 2.06. The Bertz CT molecular complexity index is 834. The van der Waals surface area contributed by atoms with Crippen molar-refractivity contribution < 1.29 is 13.5 Å². The molecule has 0 aliphatic heterocycles. The fraction of sp³-hybridized carbons (Fsp3) is 0.0625. The van der Waals surface area contributed by atoms with Gasteiger partial charge in [0.25, 0.3) is 0 Å². The number of aryl methyl sites for hydroxylation is 1. The lowest BCUT2D eigenvalue weighted by molar-refractivity contribution is 0.420. The zero-order valence-electron chi connectivity index (χ0n) is 11.2. The van der Waals surface area contributed by atoms with Crippen LogP contribution >= 0.6 is 0 Å². The lowest BCUT2D eigenvalue weighted by Gasteiger charge is -2.11. The Morgan fingerprint density at radius 3 is 2.67 bits per heavy atom. The van der Waals surface area contributed by atoms with Crippen molar-refractivity contribution in [3.8, 4) is 11.5 Å². The average molecular weight is 286 g/mol. The lowest BCUT2D eigenvalue weighted by atomic mass is 10.2. The normalized spacial score (nSPS) is 10.8. The zero-order valence-corrected chi connectivity index (χ0v) is 11.2. The monoisotopic (exact) mass is 286 g/mol. The van der Waals surface area contributed by atoms with E-state index in [-0.39, 0.29) is 11.4 Å². The summed E-state index contributed by atoms with van der Waals surface area (Å²) < 4.78 is 32.6. The van der Waals surface area contributed by atoms with Crippen molar-refractivity contribution in [3.05, 3.63) is 59.8 Å². The van der Waals surface area contributed by atoms with Crippen molar-refractivity contribution in [2.75, 3.05) is 5.73 Å². The number of rotatable bonds is 2. The van der Waals surface area contributed by atoms with Gasteiger partial charge in [-0.25, -0.2) is 9.37 Å². The molecule has 1 heterocycles. The molecule has 0 saturated carbocycles. The number of halogens is 2. The number of nitrogens with zero attached hydrogens (tertiary/aromatic N) is 1. The minimum atomic E-state index is -1.11. The van der Waals surface area contributed by atoms with Crippen LogP contribution in [0.2, 0.25) is 0 Å². The number of hydrogen-bond acceptors (Lipinski definition) is 3. The highest BCUT2D eigenvalue weighted by atomic mass is 19.2. The second kappa shape index (κ2) is 5.01. The molecule has 0 spiro atoms. The predicted molar refractivity (Wildman–Crippen MR) is 77.3 cm³/mol. The predicted octanol–water partition coefficient (Wildman–Crippen LogP) is 4.20. The second-order valence-electron chi connectivity index (χ2n) is 4.66. The van der Waals surface area contributed by atoms with Crippen molar-refractivity contribution in [3.63, 3.8) is 0 Å². The summed E-state index contributed by atoms with van der Waals surface area (Å²) in [4.78, 5) is 4.37. The molecule has 0 fully saturated rings. The van der Waals surface area contributed by atoms with Crippen molar-refractivity contribution in [1.29, 1.82) is 0 Å². The van der Waals surface area contributed by atoms with Crippen molar-refractivity contribution in [2.24, 2.45) is 0 Å². The summed E-state index contributed by atoms with van der Waals surface area (Å²) in [6.07, 6.45) is 0. The van der Waals surface area contributed by atoms with Gasteiger partial charge in [-0.2, -0.15) is 4.39 Å². The highest BCUT2D eigenvalue weighted by Crippen LogP contribution is 2.34. The Hall–Kier alpha value is -2.69. The number of aromatic nitrogens is 1. The van der Waals surface area contributed by atoms with Gasteiger partial charge in [0.15, 0.2) is 17.3 Å². The van der Waals surface area contributed by atoms with E-state index in [2.05, 4.69) is 4.98 Å². The molecule has 0 saturated heterocycles. The molecule has 2 N–H and O–H groups in total. The Balaban J connectivity index is 2.15. The number of hydrogen-bond donors (Lipinski definition) is 1. The molecule has 0 amide bonds. The standard InChI is InChI=1S/C16H12F2N2O/c1-9-5-6-10-3-2-4-13(15(10)20-9)21-16-12(19)8-7-11(17)14(16)18/h2-8H,19H2,1H3. The van der Waals surface area contributed by atoms with E-state index in [1.807, 2.05) is 25.1 Å². The van der Waals surface area contributed by atoms with Crippen LogP contribution < -0.4 is 10.5 Å². The number of pyridine rings is 1. The van der Waals surface area contributed by atoms with E-state index in [0.29, 0.717) is 11.3 Å². The number of benzene rings is 2. The Labute approximate surface area is 120 Å². The number of nitrogens with two attached hydrogens (primary N) is 1. The van der Waals surface area contributed by atoms with Crippen LogP contribution in [0, 0.1) is 18.6 Å². The Morgan fingerprint density at radius 1 is 1.05 bits per heavy atom. The molecule has 0 aliphatic carbocycles. The van der Waals surface area contributed by atoms with Gasteiger partial charge in [0.05, 0.1) is 5.69 Å². The SMILES string of the molecule is Cc1ccc2cccc(Oc3c(N)ccc(F)c3F)c2n1. The number of nitrogen functional groups attached to an aromatic ring is 1. The summed E-state index contributed by atoms with van der Waals surface area (Å²) in [5.74, 6) is -2.12. The maximum absolute atomic E-state index is 13.8. The highest BCUT2D eigenvalue weighted by molar-refractivity contribution is 5.85. The Morgan fingerprint density at radius 2 is 1.86 bits per heavy atom. The van der Waals surface area contributed by atoms with E-state index in [0.717, 1.165) is 17.1 Å². The molecule has 3 aromatic rings. The van der Waals surface area contributed by atoms with Crippen LogP contribution in [0.15, 0.2) is 42.5 Å². The average Bonchev–Trinajstić information content (AvgIpc) is 2.48. The molecule has 106 valence electrons. The summed E-state index contributed by atoms with van der Waals surface area (Å²) in [7, 11) is 0. The van der Waals surface area contributed by atoms with Gasteiger partial charge in [0.2, 0.25) is 5.82 Å². The van der Waals surface area contributed by atoms with Gasteiger partial charge in [-0.15, -0.1) is 0 Å². The van der Waals surface area contributed by atoms with Crippen LogP contribution in [0.1, 0.15) is 5.69 Å². The summed E-state index contributed by atoms with van der Waals surface area (Å²) in [5.41, 5.74) is 7.05. The van der Waals surface area contributed by atoms with Gasteiger partial charge >= 0.3 is 0 Å². The van der Waals surface area contributed by atoms with Gasteiger partial charge in [-0.3, -0.25) is 0 Å². The maximum atomic E-state index is 13.8. The quantitative estimate of drug-likeness (QED) is 0.718. The van der Waals surface area contributed by atoms with Gasteiger partial charge in [0.1, 0.15) is 5.52 Å². The third-order valence-corrected chi connectivity index (χ3v) is 3.11. The first-order chi connectivity index (χ1) is 10.1. The zero-order chi connectivity index (χ0) is 15.0. The van der Waals surface area contributed by atoms with Crippen LogP contribution in [0.3, 0.4) is 0 Å². The maximum Gasteiger partial charge on any atom is 0.203 e. The summed E-state index contributed by atoms with van der Waals surface area (Å²) in [6, 6.07) is 11.2. The van der Waals surface area contributed by atoms with E-state index in [1.54, 1.807) is 12.1 Å². The molecular weight excluding hydrogens is 274 g/mol. The van der Waals surface area contributed by atoms with Crippen LogP contribution in [-0.4, -0.2) is 4.98 Å². The topological polar surface area (TPSA) is 48.1 Å². The van der Waals surface area contributed by atoms with Gasteiger partial charge in [0, 0.05) is 11.1 Å². The first-order valence-electron chi connectivity index (χ1n) is 6.34. The smallest absolute Gasteiger partial charge is 0.203 e. The number of para-hydroxylation sites is 1. The van der Waals surface area contributed by atoms with Crippen LogP contribution in [0.25, 0.3) is 10.9 Å². The van der Waals surface area contributed by atoms with Gasteiger partial charge in [-0.05, 0) is 31.2 Å². The molecule has 5 heteroatoms. The van der Waals surface area contributed by atoms with Crippen molar-refractivity contribution in [1.82, 2.24) is 4.98 Å². The van der Waals surface area contributed by atoms with Crippen molar-refractivity contribution in [2.45, 2.75) is 6.92 Å². The molecule has 0 aliphatic rings. The first kappa shape index (κ1) is 13.3. The van der Waals surface area contributed by atoms with Crippen LogP contribution in [0.4, 0.5) is 14.5 Å². The first-order valence-corrected chi connectivity index (χ1v) is 6.34. The molecule has 1 aromatic heterocycles. The number of ether oxygens (including phenoxy) is 1. The van der Waals surface area contributed by atoms with E-state index in [1.165, 1.54) is 6.07 Å². The summed E-state index contributed by atoms with van der Waals surface area (Å²) in [6.45, 7) is 1.84. The van der Waals surface area contributed by atoms with E-state index in [9.17, 15) is 8.78 Å². The largest absolute Gasteiger partial charge is 0.450 e. The molecule has 2 aromatic carbocycles. The van der Waals surface area contributed by atoms with Gasteiger partial charge < -0.3 is 10.5 Å². The molecule has 21 heavy (non-hydrogen) atoms. The van der Waals surface area contributed by atoms with Gasteiger partial charge in [-0.1, -0.05) is 18.2 Å². The minimum absolute atomic E-state index is 0.0264. The van der Waals surface area contributed by atoms with Crippen LogP contribution in [0.5, 0.6) is 11.5 Å². The molecular formula is C16H12F2N2O. The highest BCUT2D eigenvalue weighted by Gasteiger charge is 2.15. The molecule has 3 rings (SSSR count).